The van der Waals surface area contributed by atoms with Gasteiger partial charge in [-0.3, -0.25) is 9.59 Å². The summed E-state index contributed by atoms with van der Waals surface area (Å²) >= 11 is 0. The Balaban J connectivity index is 1.41. The molecule has 0 atom stereocenters. The number of aromatic amines is 1. The minimum absolute atomic E-state index is 0.0172. The van der Waals surface area contributed by atoms with Crippen molar-refractivity contribution in [1.29, 1.82) is 0 Å². The highest BCUT2D eigenvalue weighted by Crippen LogP contribution is 2.35. The van der Waals surface area contributed by atoms with E-state index in [2.05, 4.69) is 52.5 Å². The highest BCUT2D eigenvalue weighted by Gasteiger charge is 2.32. The number of nitrogens with zero attached hydrogens (tertiary/aromatic N) is 2. The number of carbonyl (C=O) groups excluding carboxylic acids is 2. The predicted octanol–water partition coefficient (Wildman–Crippen LogP) is 3.53. The van der Waals surface area contributed by atoms with Gasteiger partial charge in [0.1, 0.15) is 11.5 Å². The summed E-state index contributed by atoms with van der Waals surface area (Å²) in [6.45, 7) is 6.81. The molecule has 7 heteroatoms. The second kappa shape index (κ2) is 7.74. The number of H-pyrrole nitrogens is 1. The summed E-state index contributed by atoms with van der Waals surface area (Å²) in [5, 5.41) is 6.95. The number of nitrogens with one attached hydrogen (secondary N) is 3. The Morgan fingerprint density at radius 3 is 2.72 bits per heavy atom. The first kappa shape index (κ1) is 20.7. The molecule has 0 saturated carbocycles. The molecule has 2 aliphatic heterocycles. The number of likely N-dealkylation sites (tertiary alicyclic amines) is 1. The van der Waals surface area contributed by atoms with Gasteiger partial charge in [0, 0.05) is 40.6 Å². The van der Waals surface area contributed by atoms with Crippen LogP contribution in [0.3, 0.4) is 0 Å². The molecule has 32 heavy (non-hydrogen) atoms. The van der Waals surface area contributed by atoms with Gasteiger partial charge >= 0.3 is 0 Å². The van der Waals surface area contributed by atoms with E-state index in [4.69, 9.17) is 0 Å². The van der Waals surface area contributed by atoms with Crippen molar-refractivity contribution in [3.8, 4) is 11.1 Å². The standard InChI is InChI=1S/C25H29N5O2/c1-25(2)14-27-24(32)18-5-4-16(12-20(18)25)19-13-26-22-17(19)6-7-21(28-22)29-23(31)15-8-10-30(3)11-9-15/h4-7,12-13,15H,8-11,14H2,1-3H3,(H,27,32)(H2,26,28,29,31). The van der Waals surface area contributed by atoms with Crippen LogP contribution in [0.1, 0.15) is 42.6 Å². The van der Waals surface area contributed by atoms with E-state index in [1.54, 1.807) is 0 Å². The van der Waals surface area contributed by atoms with Gasteiger partial charge in [-0.1, -0.05) is 19.9 Å². The van der Waals surface area contributed by atoms with Crippen LogP contribution in [0.15, 0.2) is 36.5 Å². The quantitative estimate of drug-likeness (QED) is 0.592. The van der Waals surface area contributed by atoms with Gasteiger partial charge in [-0.25, -0.2) is 4.98 Å². The summed E-state index contributed by atoms with van der Waals surface area (Å²) in [5.41, 5.74) is 4.48. The zero-order valence-electron chi connectivity index (χ0n) is 18.8. The fraction of sp³-hybridized carbons (Fsp3) is 0.400. The van der Waals surface area contributed by atoms with Crippen LogP contribution in [0.5, 0.6) is 0 Å². The number of piperidine rings is 1. The molecule has 2 amide bonds. The molecule has 2 aliphatic rings. The Morgan fingerprint density at radius 2 is 1.94 bits per heavy atom. The van der Waals surface area contributed by atoms with Crippen molar-refractivity contribution >= 4 is 28.7 Å². The molecule has 166 valence electrons. The molecule has 3 N–H and O–H groups in total. The van der Waals surface area contributed by atoms with Gasteiger partial charge in [0.2, 0.25) is 5.91 Å². The second-order valence-electron chi connectivity index (χ2n) is 9.69. The van der Waals surface area contributed by atoms with Gasteiger partial charge in [0.15, 0.2) is 0 Å². The highest BCUT2D eigenvalue weighted by atomic mass is 16.2. The fourth-order valence-electron chi connectivity index (χ4n) is 4.77. The first-order valence-electron chi connectivity index (χ1n) is 11.2. The number of benzene rings is 1. The van der Waals surface area contributed by atoms with E-state index in [0.717, 1.165) is 59.2 Å². The molecule has 0 spiro atoms. The molecule has 5 rings (SSSR count). The summed E-state index contributed by atoms with van der Waals surface area (Å²) in [6.07, 6.45) is 3.70. The van der Waals surface area contributed by atoms with Crippen LogP contribution < -0.4 is 10.6 Å². The molecule has 1 saturated heterocycles. The van der Waals surface area contributed by atoms with E-state index in [1.165, 1.54) is 0 Å². The number of rotatable bonds is 3. The lowest BCUT2D eigenvalue weighted by Crippen LogP contribution is -2.43. The van der Waals surface area contributed by atoms with Gasteiger partial charge in [0.05, 0.1) is 0 Å². The van der Waals surface area contributed by atoms with Crippen LogP contribution in [0.4, 0.5) is 5.82 Å². The smallest absolute Gasteiger partial charge is 0.251 e. The van der Waals surface area contributed by atoms with Gasteiger partial charge in [-0.2, -0.15) is 0 Å². The minimum Gasteiger partial charge on any atom is -0.351 e. The van der Waals surface area contributed by atoms with Gasteiger partial charge in [-0.15, -0.1) is 0 Å². The number of amides is 2. The Bertz CT molecular complexity index is 1200. The topological polar surface area (TPSA) is 90.1 Å². The molecular weight excluding hydrogens is 402 g/mol. The van der Waals surface area contributed by atoms with Crippen LogP contribution in [-0.2, 0) is 10.2 Å². The number of fused-ring (bicyclic) bond motifs is 2. The molecule has 2 aromatic heterocycles. The van der Waals surface area contributed by atoms with E-state index < -0.39 is 0 Å². The maximum Gasteiger partial charge on any atom is 0.251 e. The third-order valence-corrected chi connectivity index (χ3v) is 6.87. The van der Waals surface area contributed by atoms with E-state index in [1.807, 2.05) is 30.5 Å². The van der Waals surface area contributed by atoms with Gasteiger partial charge in [-0.05, 0) is 68.4 Å². The summed E-state index contributed by atoms with van der Waals surface area (Å²) in [6, 6.07) is 9.87. The van der Waals surface area contributed by atoms with Crippen molar-refractivity contribution in [2.45, 2.75) is 32.1 Å². The summed E-state index contributed by atoms with van der Waals surface area (Å²) in [4.78, 5) is 35.1. The third-order valence-electron chi connectivity index (χ3n) is 6.87. The van der Waals surface area contributed by atoms with Crippen molar-refractivity contribution in [2.75, 3.05) is 32.0 Å². The molecule has 0 radical (unpaired) electrons. The summed E-state index contributed by atoms with van der Waals surface area (Å²) < 4.78 is 0. The van der Waals surface area contributed by atoms with Gasteiger partial charge in [0.25, 0.3) is 5.91 Å². The number of pyridine rings is 1. The minimum atomic E-state index is -0.130. The maximum absolute atomic E-state index is 12.6. The number of aromatic nitrogens is 2. The molecule has 3 aromatic rings. The molecule has 0 unspecified atom stereocenters. The third kappa shape index (κ3) is 3.66. The lowest BCUT2D eigenvalue weighted by molar-refractivity contribution is -0.121. The first-order chi connectivity index (χ1) is 15.3. The largest absolute Gasteiger partial charge is 0.351 e. The molecule has 4 heterocycles. The van der Waals surface area contributed by atoms with Crippen LogP contribution in [0.25, 0.3) is 22.2 Å². The summed E-state index contributed by atoms with van der Waals surface area (Å²) in [5.74, 6) is 0.639. The first-order valence-corrected chi connectivity index (χ1v) is 11.2. The average Bonchev–Trinajstić information content (AvgIpc) is 3.20. The molecular formula is C25H29N5O2. The van der Waals surface area contributed by atoms with Crippen LogP contribution in [-0.4, -0.2) is 53.4 Å². The van der Waals surface area contributed by atoms with Crippen molar-refractivity contribution in [3.05, 3.63) is 47.7 Å². The predicted molar refractivity (Wildman–Crippen MR) is 126 cm³/mol. The normalized spacial score (nSPS) is 18.9. The van der Waals surface area contributed by atoms with E-state index in [0.29, 0.717) is 12.4 Å². The fourth-order valence-corrected chi connectivity index (χ4v) is 4.77. The van der Waals surface area contributed by atoms with Crippen molar-refractivity contribution < 1.29 is 9.59 Å². The number of carbonyl (C=O) groups is 2. The van der Waals surface area contributed by atoms with Crippen LogP contribution >= 0.6 is 0 Å². The number of hydrogen-bond donors (Lipinski definition) is 3. The zero-order valence-corrected chi connectivity index (χ0v) is 18.8. The molecule has 1 aromatic carbocycles. The SMILES string of the molecule is CN1CCC(C(=O)Nc2ccc3c(-c4ccc5c(c4)C(C)(C)CNC5=O)c[nH]c3n2)CC1. The lowest BCUT2D eigenvalue weighted by Gasteiger charge is -2.32. The van der Waals surface area contributed by atoms with Crippen molar-refractivity contribution in [3.63, 3.8) is 0 Å². The zero-order chi connectivity index (χ0) is 22.5. The molecule has 0 aliphatic carbocycles. The van der Waals surface area contributed by atoms with E-state index >= 15 is 0 Å². The van der Waals surface area contributed by atoms with E-state index in [9.17, 15) is 9.59 Å². The molecule has 1 fully saturated rings. The second-order valence-corrected chi connectivity index (χ2v) is 9.69. The van der Waals surface area contributed by atoms with Crippen LogP contribution in [0.2, 0.25) is 0 Å². The van der Waals surface area contributed by atoms with Crippen LogP contribution in [0, 0.1) is 5.92 Å². The summed E-state index contributed by atoms with van der Waals surface area (Å²) in [7, 11) is 2.09. The maximum atomic E-state index is 12.6. The van der Waals surface area contributed by atoms with Crippen molar-refractivity contribution in [2.24, 2.45) is 5.92 Å². The van der Waals surface area contributed by atoms with E-state index in [-0.39, 0.29) is 23.1 Å². The molecule has 7 nitrogen and oxygen atoms in total. The Kier molecular flexibility index (Phi) is 5.01. The Morgan fingerprint density at radius 1 is 1.16 bits per heavy atom. The lowest BCUT2D eigenvalue weighted by atomic mass is 9.78. The van der Waals surface area contributed by atoms with Crippen molar-refractivity contribution in [1.82, 2.24) is 20.2 Å². The monoisotopic (exact) mass is 431 g/mol. The highest BCUT2D eigenvalue weighted by molar-refractivity contribution is 6.00. The molecule has 0 bridgehead atoms. The van der Waals surface area contributed by atoms with Gasteiger partial charge < -0.3 is 20.5 Å². The number of anilines is 1. The Hall–Kier alpha value is -3.19. The number of hydrogen-bond acceptors (Lipinski definition) is 4. The average molecular weight is 432 g/mol. The Labute approximate surface area is 187 Å².